The molecule has 1 fully saturated rings. The lowest BCUT2D eigenvalue weighted by Gasteiger charge is -2.22. The van der Waals surface area contributed by atoms with Crippen molar-refractivity contribution in [2.45, 2.75) is 38.3 Å². The van der Waals surface area contributed by atoms with E-state index in [1.165, 1.54) is 24.8 Å². The van der Waals surface area contributed by atoms with E-state index in [1.54, 1.807) is 0 Å². The lowest BCUT2D eigenvalue weighted by molar-refractivity contribution is 0.174. The standard InChI is InChI=1S/C15H22N2O2/c1-10-2-4-12(6-10)17-13(8-16)11-3-5-14-15(7-11)19-9-18-14/h3,5,7,10,12-13,17H,2,4,6,8-9,16H2,1H3. The first-order valence-corrected chi connectivity index (χ1v) is 7.12. The van der Waals surface area contributed by atoms with Gasteiger partial charge in [-0.1, -0.05) is 13.0 Å². The second kappa shape index (κ2) is 5.39. The molecule has 1 aromatic rings. The van der Waals surface area contributed by atoms with Crippen molar-refractivity contribution in [3.8, 4) is 11.5 Å². The maximum Gasteiger partial charge on any atom is 0.231 e. The van der Waals surface area contributed by atoms with Gasteiger partial charge >= 0.3 is 0 Å². The van der Waals surface area contributed by atoms with Crippen molar-refractivity contribution in [3.05, 3.63) is 23.8 Å². The number of nitrogens with two attached hydrogens (primary N) is 1. The zero-order chi connectivity index (χ0) is 13.2. The SMILES string of the molecule is CC1CCC(NC(CN)c2ccc3c(c2)OCO3)C1. The Hall–Kier alpha value is -1.26. The molecule has 1 aliphatic heterocycles. The van der Waals surface area contributed by atoms with Gasteiger partial charge in [0, 0.05) is 18.6 Å². The van der Waals surface area contributed by atoms with E-state index < -0.39 is 0 Å². The fraction of sp³-hybridized carbons (Fsp3) is 0.600. The predicted octanol–water partition coefficient (Wildman–Crippen LogP) is 2.19. The van der Waals surface area contributed by atoms with E-state index in [-0.39, 0.29) is 6.04 Å². The van der Waals surface area contributed by atoms with Gasteiger partial charge in [0.2, 0.25) is 6.79 Å². The Morgan fingerprint density at radius 2 is 2.16 bits per heavy atom. The van der Waals surface area contributed by atoms with Gasteiger partial charge in [-0.05, 0) is 42.9 Å². The third-order valence-corrected chi connectivity index (χ3v) is 4.17. The highest BCUT2D eigenvalue weighted by molar-refractivity contribution is 5.45. The molecule has 1 heterocycles. The first-order chi connectivity index (χ1) is 9.26. The molecule has 2 aliphatic rings. The molecule has 0 spiro atoms. The number of ether oxygens (including phenoxy) is 2. The molecule has 3 unspecified atom stereocenters. The quantitative estimate of drug-likeness (QED) is 0.873. The Kier molecular flexibility index (Phi) is 3.62. The summed E-state index contributed by atoms with van der Waals surface area (Å²) in [6.07, 6.45) is 3.82. The molecular weight excluding hydrogens is 240 g/mol. The molecule has 4 nitrogen and oxygen atoms in total. The summed E-state index contributed by atoms with van der Waals surface area (Å²) in [6, 6.07) is 6.89. The normalized spacial score (nSPS) is 26.6. The van der Waals surface area contributed by atoms with Crippen LogP contribution in [0.5, 0.6) is 11.5 Å². The smallest absolute Gasteiger partial charge is 0.231 e. The van der Waals surface area contributed by atoms with E-state index in [1.807, 2.05) is 12.1 Å². The Labute approximate surface area is 114 Å². The third kappa shape index (κ3) is 2.69. The van der Waals surface area contributed by atoms with Crippen LogP contribution in [0, 0.1) is 5.92 Å². The molecule has 3 rings (SSSR count). The molecule has 1 aromatic carbocycles. The topological polar surface area (TPSA) is 56.5 Å². The molecule has 0 aromatic heterocycles. The average molecular weight is 262 g/mol. The maximum absolute atomic E-state index is 5.93. The summed E-state index contributed by atoms with van der Waals surface area (Å²) < 4.78 is 10.8. The number of hydrogen-bond acceptors (Lipinski definition) is 4. The zero-order valence-corrected chi connectivity index (χ0v) is 11.4. The molecule has 1 saturated carbocycles. The monoisotopic (exact) mass is 262 g/mol. The lowest BCUT2D eigenvalue weighted by atomic mass is 10.0. The van der Waals surface area contributed by atoms with Crippen LogP contribution in [0.2, 0.25) is 0 Å². The molecule has 104 valence electrons. The first-order valence-electron chi connectivity index (χ1n) is 7.12. The van der Waals surface area contributed by atoms with Crippen molar-refractivity contribution in [2.75, 3.05) is 13.3 Å². The van der Waals surface area contributed by atoms with Gasteiger partial charge in [0.25, 0.3) is 0 Å². The van der Waals surface area contributed by atoms with Crippen LogP contribution in [-0.2, 0) is 0 Å². The summed E-state index contributed by atoms with van der Waals surface area (Å²) in [7, 11) is 0. The number of rotatable bonds is 4. The van der Waals surface area contributed by atoms with Gasteiger partial charge in [0.05, 0.1) is 0 Å². The van der Waals surface area contributed by atoms with E-state index >= 15 is 0 Å². The van der Waals surface area contributed by atoms with E-state index in [2.05, 4.69) is 18.3 Å². The van der Waals surface area contributed by atoms with Crippen LogP contribution >= 0.6 is 0 Å². The summed E-state index contributed by atoms with van der Waals surface area (Å²) in [5, 5.41) is 3.68. The summed E-state index contributed by atoms with van der Waals surface area (Å²) in [4.78, 5) is 0. The molecule has 0 amide bonds. The van der Waals surface area contributed by atoms with Gasteiger partial charge in [-0.25, -0.2) is 0 Å². The minimum atomic E-state index is 0.199. The van der Waals surface area contributed by atoms with E-state index in [0.29, 0.717) is 19.4 Å². The van der Waals surface area contributed by atoms with Crippen molar-refractivity contribution in [2.24, 2.45) is 11.7 Å². The van der Waals surface area contributed by atoms with Gasteiger partial charge in [0.1, 0.15) is 0 Å². The van der Waals surface area contributed by atoms with Crippen LogP contribution in [0.4, 0.5) is 0 Å². The Bertz CT molecular complexity index is 450. The second-order valence-corrected chi connectivity index (χ2v) is 5.68. The van der Waals surface area contributed by atoms with Gasteiger partial charge in [-0.15, -0.1) is 0 Å². The van der Waals surface area contributed by atoms with Crippen LogP contribution in [-0.4, -0.2) is 19.4 Å². The molecular formula is C15H22N2O2. The molecule has 4 heteroatoms. The third-order valence-electron chi connectivity index (χ3n) is 4.17. The summed E-state index contributed by atoms with van der Waals surface area (Å²) in [5.74, 6) is 2.49. The fourth-order valence-electron chi connectivity index (χ4n) is 3.07. The predicted molar refractivity (Wildman–Crippen MR) is 74.3 cm³/mol. The summed E-state index contributed by atoms with van der Waals surface area (Å²) in [6.45, 7) is 3.24. The van der Waals surface area contributed by atoms with Gasteiger partial charge in [-0.3, -0.25) is 0 Å². The molecule has 0 bridgehead atoms. The Morgan fingerprint density at radius 3 is 2.89 bits per heavy atom. The number of benzene rings is 1. The molecule has 19 heavy (non-hydrogen) atoms. The van der Waals surface area contributed by atoms with E-state index in [0.717, 1.165) is 17.4 Å². The van der Waals surface area contributed by atoms with Crippen LogP contribution in [0.3, 0.4) is 0 Å². The molecule has 0 saturated heterocycles. The van der Waals surface area contributed by atoms with E-state index in [4.69, 9.17) is 15.2 Å². The minimum Gasteiger partial charge on any atom is -0.454 e. The van der Waals surface area contributed by atoms with Crippen LogP contribution in [0.1, 0.15) is 37.8 Å². The van der Waals surface area contributed by atoms with Crippen molar-refractivity contribution in [1.29, 1.82) is 0 Å². The van der Waals surface area contributed by atoms with Gasteiger partial charge in [-0.2, -0.15) is 0 Å². The first kappa shape index (κ1) is 12.8. The highest BCUT2D eigenvalue weighted by atomic mass is 16.7. The van der Waals surface area contributed by atoms with Crippen molar-refractivity contribution in [1.82, 2.24) is 5.32 Å². The van der Waals surface area contributed by atoms with Crippen molar-refractivity contribution in [3.63, 3.8) is 0 Å². The lowest BCUT2D eigenvalue weighted by Crippen LogP contribution is -2.35. The minimum absolute atomic E-state index is 0.199. The van der Waals surface area contributed by atoms with Gasteiger partial charge < -0.3 is 20.5 Å². The molecule has 3 N–H and O–H groups in total. The highest BCUT2D eigenvalue weighted by Crippen LogP contribution is 2.34. The van der Waals surface area contributed by atoms with E-state index in [9.17, 15) is 0 Å². The van der Waals surface area contributed by atoms with Crippen LogP contribution in [0.15, 0.2) is 18.2 Å². The Balaban J connectivity index is 1.71. The Morgan fingerprint density at radius 1 is 1.32 bits per heavy atom. The summed E-state index contributed by atoms with van der Waals surface area (Å²) >= 11 is 0. The van der Waals surface area contributed by atoms with Crippen LogP contribution in [0.25, 0.3) is 0 Å². The number of fused-ring (bicyclic) bond motifs is 1. The summed E-state index contributed by atoms with van der Waals surface area (Å²) in [5.41, 5.74) is 7.11. The largest absolute Gasteiger partial charge is 0.454 e. The van der Waals surface area contributed by atoms with Gasteiger partial charge in [0.15, 0.2) is 11.5 Å². The van der Waals surface area contributed by atoms with Crippen molar-refractivity contribution >= 4 is 0 Å². The fourth-order valence-corrected chi connectivity index (χ4v) is 3.07. The molecule has 0 radical (unpaired) electrons. The molecule has 1 aliphatic carbocycles. The zero-order valence-electron chi connectivity index (χ0n) is 11.4. The number of nitrogens with one attached hydrogen (secondary N) is 1. The molecule has 3 atom stereocenters. The maximum atomic E-state index is 5.93. The second-order valence-electron chi connectivity index (χ2n) is 5.68. The highest BCUT2D eigenvalue weighted by Gasteiger charge is 2.24. The number of hydrogen-bond donors (Lipinski definition) is 2. The van der Waals surface area contributed by atoms with Crippen molar-refractivity contribution < 1.29 is 9.47 Å². The average Bonchev–Trinajstić information content (AvgIpc) is 3.03. The van der Waals surface area contributed by atoms with Crippen LogP contribution < -0.4 is 20.5 Å².